The van der Waals surface area contributed by atoms with Crippen LogP contribution in [0.15, 0.2) is 60.8 Å². The Morgan fingerprint density at radius 1 is 1.03 bits per heavy atom. The van der Waals surface area contributed by atoms with Crippen molar-refractivity contribution in [1.82, 2.24) is 9.97 Å². The van der Waals surface area contributed by atoms with Crippen molar-refractivity contribution < 1.29 is 4.79 Å². The van der Waals surface area contributed by atoms with Crippen LogP contribution in [0.2, 0.25) is 5.02 Å². The third kappa shape index (κ3) is 5.21. The Morgan fingerprint density at radius 3 is 2.48 bits per heavy atom. The van der Waals surface area contributed by atoms with E-state index in [-0.39, 0.29) is 12.3 Å². The van der Waals surface area contributed by atoms with Crippen molar-refractivity contribution in [2.45, 2.75) is 38.5 Å². The molecule has 0 atom stereocenters. The van der Waals surface area contributed by atoms with E-state index in [0.717, 1.165) is 28.9 Å². The van der Waals surface area contributed by atoms with Crippen molar-refractivity contribution in [3.8, 4) is 11.3 Å². The highest BCUT2D eigenvalue weighted by Crippen LogP contribution is 2.30. The number of amides is 1. The molecule has 0 radical (unpaired) electrons. The molecule has 5 heteroatoms. The Balaban J connectivity index is 1.55. The maximum atomic E-state index is 12.6. The molecule has 1 saturated carbocycles. The Morgan fingerprint density at radius 2 is 1.76 bits per heavy atom. The number of benzene rings is 2. The molecule has 1 aliphatic carbocycles. The molecule has 29 heavy (non-hydrogen) atoms. The van der Waals surface area contributed by atoms with Gasteiger partial charge in [0.2, 0.25) is 5.91 Å². The monoisotopic (exact) mass is 405 g/mol. The summed E-state index contributed by atoms with van der Waals surface area (Å²) in [6.07, 6.45) is 7.85. The molecule has 0 aliphatic heterocycles. The van der Waals surface area contributed by atoms with Gasteiger partial charge in [-0.25, -0.2) is 9.97 Å². The fraction of sp³-hybridized carbons (Fsp3) is 0.292. The summed E-state index contributed by atoms with van der Waals surface area (Å²) in [6, 6.07) is 17.4. The van der Waals surface area contributed by atoms with Crippen LogP contribution in [-0.2, 0) is 17.6 Å². The Bertz CT molecular complexity index is 967. The molecule has 1 fully saturated rings. The lowest BCUT2D eigenvalue weighted by Crippen LogP contribution is -2.18. The second-order valence-corrected chi connectivity index (χ2v) is 8.06. The van der Waals surface area contributed by atoms with Gasteiger partial charge in [-0.2, -0.15) is 0 Å². The SMILES string of the molecule is O=C(Cc1ccc(Cl)cc1)Nc1ncc(-c2ccccc2)nc1CC1CCCC1. The molecule has 1 N–H and O–H groups in total. The smallest absolute Gasteiger partial charge is 0.229 e. The second-order valence-electron chi connectivity index (χ2n) is 7.62. The lowest BCUT2D eigenvalue weighted by Gasteiger charge is -2.14. The molecule has 4 nitrogen and oxygen atoms in total. The van der Waals surface area contributed by atoms with E-state index in [1.54, 1.807) is 18.3 Å². The molecule has 1 aromatic heterocycles. The zero-order valence-electron chi connectivity index (χ0n) is 16.3. The Labute approximate surface area is 176 Å². The molecule has 1 heterocycles. The molecule has 2 aromatic carbocycles. The Hall–Kier alpha value is -2.72. The molecule has 0 unspecified atom stereocenters. The predicted octanol–water partition coefficient (Wildman–Crippen LogP) is 5.71. The van der Waals surface area contributed by atoms with Crippen molar-refractivity contribution in [3.63, 3.8) is 0 Å². The predicted molar refractivity (Wildman–Crippen MR) is 117 cm³/mol. The van der Waals surface area contributed by atoms with Gasteiger partial charge in [0.05, 0.1) is 24.0 Å². The van der Waals surface area contributed by atoms with E-state index in [1.807, 2.05) is 42.5 Å². The Kier molecular flexibility index (Phi) is 6.20. The molecule has 0 saturated heterocycles. The highest BCUT2D eigenvalue weighted by molar-refractivity contribution is 6.30. The molecule has 0 spiro atoms. The van der Waals surface area contributed by atoms with Crippen molar-refractivity contribution in [2.24, 2.45) is 5.92 Å². The number of nitrogens with one attached hydrogen (secondary N) is 1. The fourth-order valence-corrected chi connectivity index (χ4v) is 4.00. The molecule has 4 rings (SSSR count). The van der Waals surface area contributed by atoms with Gasteiger partial charge in [0.15, 0.2) is 5.82 Å². The summed E-state index contributed by atoms with van der Waals surface area (Å²) >= 11 is 5.93. The van der Waals surface area contributed by atoms with Gasteiger partial charge in [-0.15, -0.1) is 0 Å². The largest absolute Gasteiger partial charge is 0.309 e. The minimum atomic E-state index is -0.0956. The average Bonchev–Trinajstić information content (AvgIpc) is 3.25. The van der Waals surface area contributed by atoms with Gasteiger partial charge in [-0.05, 0) is 30.0 Å². The van der Waals surface area contributed by atoms with E-state index in [1.165, 1.54) is 25.7 Å². The van der Waals surface area contributed by atoms with E-state index < -0.39 is 0 Å². The van der Waals surface area contributed by atoms with E-state index in [9.17, 15) is 4.79 Å². The van der Waals surface area contributed by atoms with Crippen LogP contribution < -0.4 is 5.32 Å². The highest BCUT2D eigenvalue weighted by Gasteiger charge is 2.20. The van der Waals surface area contributed by atoms with Crippen LogP contribution in [-0.4, -0.2) is 15.9 Å². The number of anilines is 1. The lowest BCUT2D eigenvalue weighted by molar-refractivity contribution is -0.115. The van der Waals surface area contributed by atoms with Crippen LogP contribution in [0.1, 0.15) is 36.9 Å². The number of aromatic nitrogens is 2. The average molecular weight is 406 g/mol. The number of carbonyl (C=O) groups is 1. The van der Waals surface area contributed by atoms with Gasteiger partial charge in [0.25, 0.3) is 0 Å². The van der Waals surface area contributed by atoms with E-state index >= 15 is 0 Å². The number of halogens is 1. The zero-order valence-corrected chi connectivity index (χ0v) is 17.0. The van der Waals surface area contributed by atoms with Crippen molar-refractivity contribution in [3.05, 3.63) is 77.1 Å². The van der Waals surface area contributed by atoms with Crippen LogP contribution >= 0.6 is 11.6 Å². The van der Waals surface area contributed by atoms with Gasteiger partial charge in [0.1, 0.15) is 0 Å². The minimum Gasteiger partial charge on any atom is -0.309 e. The fourth-order valence-electron chi connectivity index (χ4n) is 3.87. The molecular weight excluding hydrogens is 382 g/mol. The van der Waals surface area contributed by atoms with Crippen LogP contribution in [0.3, 0.4) is 0 Å². The summed E-state index contributed by atoms with van der Waals surface area (Å²) < 4.78 is 0. The van der Waals surface area contributed by atoms with Gasteiger partial charge in [-0.3, -0.25) is 4.79 Å². The summed E-state index contributed by atoms with van der Waals surface area (Å²) in [5.74, 6) is 1.10. The van der Waals surface area contributed by atoms with Gasteiger partial charge in [0, 0.05) is 10.6 Å². The number of carbonyl (C=O) groups excluding carboxylic acids is 1. The summed E-state index contributed by atoms with van der Waals surface area (Å²) in [5, 5.41) is 3.64. The first-order valence-corrected chi connectivity index (χ1v) is 10.5. The number of nitrogens with zero attached hydrogens (tertiary/aromatic N) is 2. The normalized spacial score (nSPS) is 14.1. The van der Waals surface area contributed by atoms with Crippen molar-refractivity contribution in [2.75, 3.05) is 5.32 Å². The third-order valence-corrected chi connectivity index (χ3v) is 5.66. The van der Waals surface area contributed by atoms with E-state index in [0.29, 0.717) is 16.8 Å². The summed E-state index contributed by atoms with van der Waals surface area (Å²) in [7, 11) is 0. The molecule has 148 valence electrons. The maximum absolute atomic E-state index is 12.6. The first-order chi connectivity index (χ1) is 14.2. The van der Waals surface area contributed by atoms with E-state index in [2.05, 4.69) is 10.3 Å². The molecule has 3 aromatic rings. The van der Waals surface area contributed by atoms with Crippen LogP contribution in [0.25, 0.3) is 11.3 Å². The lowest BCUT2D eigenvalue weighted by atomic mass is 10.0. The maximum Gasteiger partial charge on any atom is 0.229 e. The van der Waals surface area contributed by atoms with Crippen molar-refractivity contribution >= 4 is 23.3 Å². The standard InChI is InChI=1S/C24H24ClN3O/c25-20-12-10-18(11-13-20)15-23(29)28-24-21(14-17-6-4-5-7-17)27-22(16-26-24)19-8-2-1-3-9-19/h1-3,8-13,16-17H,4-7,14-15H2,(H,26,28,29). The zero-order chi connectivity index (χ0) is 20.1. The van der Waals surface area contributed by atoms with Crippen molar-refractivity contribution in [1.29, 1.82) is 0 Å². The third-order valence-electron chi connectivity index (χ3n) is 5.41. The summed E-state index contributed by atoms with van der Waals surface area (Å²) in [5.41, 5.74) is 3.67. The molecule has 1 amide bonds. The highest BCUT2D eigenvalue weighted by atomic mass is 35.5. The van der Waals surface area contributed by atoms with Crippen LogP contribution in [0.5, 0.6) is 0 Å². The first kappa shape index (κ1) is 19.6. The van der Waals surface area contributed by atoms with Crippen LogP contribution in [0, 0.1) is 5.92 Å². The van der Waals surface area contributed by atoms with Gasteiger partial charge in [-0.1, -0.05) is 79.7 Å². The quantitative estimate of drug-likeness (QED) is 0.571. The first-order valence-electron chi connectivity index (χ1n) is 10.1. The number of hydrogen-bond acceptors (Lipinski definition) is 3. The summed E-state index contributed by atoms with van der Waals surface area (Å²) in [4.78, 5) is 22.1. The van der Waals surface area contributed by atoms with Gasteiger partial charge < -0.3 is 5.32 Å². The van der Waals surface area contributed by atoms with Crippen LogP contribution in [0.4, 0.5) is 5.82 Å². The van der Waals surface area contributed by atoms with E-state index in [4.69, 9.17) is 16.6 Å². The number of rotatable bonds is 6. The summed E-state index contributed by atoms with van der Waals surface area (Å²) in [6.45, 7) is 0. The second kappa shape index (κ2) is 9.19. The minimum absolute atomic E-state index is 0.0956. The molecular formula is C24H24ClN3O. The van der Waals surface area contributed by atoms with Gasteiger partial charge >= 0.3 is 0 Å². The topological polar surface area (TPSA) is 54.9 Å². The molecule has 0 bridgehead atoms. The number of hydrogen-bond donors (Lipinski definition) is 1. The molecule has 1 aliphatic rings.